The SMILES string of the molecule is CN(C)c1ncccc1O[C@H]1CCN(C(=O)[C@H]2CCC(=O)N2)C1. The molecule has 23 heavy (non-hydrogen) atoms. The van der Waals surface area contributed by atoms with E-state index in [0.717, 1.165) is 18.0 Å². The number of aromatic nitrogens is 1. The lowest BCUT2D eigenvalue weighted by Crippen LogP contribution is -2.44. The van der Waals surface area contributed by atoms with Gasteiger partial charge in [0, 0.05) is 39.7 Å². The second-order valence-electron chi connectivity index (χ2n) is 6.19. The van der Waals surface area contributed by atoms with Crippen LogP contribution in [0, 0.1) is 0 Å². The third-order valence-corrected chi connectivity index (χ3v) is 4.22. The minimum atomic E-state index is -0.364. The van der Waals surface area contributed by atoms with E-state index < -0.39 is 0 Å². The predicted molar refractivity (Wildman–Crippen MR) is 85.3 cm³/mol. The first-order valence-corrected chi connectivity index (χ1v) is 7.91. The number of amides is 2. The summed E-state index contributed by atoms with van der Waals surface area (Å²) in [5.41, 5.74) is 0. The Morgan fingerprint density at radius 2 is 2.26 bits per heavy atom. The quantitative estimate of drug-likeness (QED) is 0.870. The number of carbonyl (C=O) groups is 2. The summed E-state index contributed by atoms with van der Waals surface area (Å²) in [7, 11) is 3.84. The Kier molecular flexibility index (Phi) is 4.36. The third-order valence-electron chi connectivity index (χ3n) is 4.22. The number of anilines is 1. The third kappa shape index (κ3) is 3.38. The minimum Gasteiger partial charge on any atom is -0.485 e. The lowest BCUT2D eigenvalue weighted by molar-refractivity contribution is -0.133. The van der Waals surface area contributed by atoms with E-state index in [1.807, 2.05) is 31.1 Å². The molecule has 7 heteroatoms. The molecule has 0 saturated carbocycles. The Hall–Kier alpha value is -2.31. The first kappa shape index (κ1) is 15.6. The van der Waals surface area contributed by atoms with Crippen molar-refractivity contribution < 1.29 is 14.3 Å². The highest BCUT2D eigenvalue weighted by Crippen LogP contribution is 2.27. The summed E-state index contributed by atoms with van der Waals surface area (Å²) in [6, 6.07) is 3.37. The lowest BCUT2D eigenvalue weighted by Gasteiger charge is -2.22. The van der Waals surface area contributed by atoms with Crippen LogP contribution in [0.25, 0.3) is 0 Å². The molecule has 2 aliphatic rings. The van der Waals surface area contributed by atoms with Crippen molar-refractivity contribution in [2.24, 2.45) is 0 Å². The second-order valence-corrected chi connectivity index (χ2v) is 6.19. The Bertz CT molecular complexity index is 605. The molecule has 0 unspecified atom stereocenters. The average Bonchev–Trinajstić information content (AvgIpc) is 3.16. The highest BCUT2D eigenvalue weighted by atomic mass is 16.5. The van der Waals surface area contributed by atoms with Crippen LogP contribution in [0.5, 0.6) is 5.75 Å². The van der Waals surface area contributed by atoms with Crippen molar-refractivity contribution >= 4 is 17.6 Å². The van der Waals surface area contributed by atoms with Gasteiger partial charge in [-0.05, 0) is 18.6 Å². The summed E-state index contributed by atoms with van der Waals surface area (Å²) >= 11 is 0. The van der Waals surface area contributed by atoms with Crippen molar-refractivity contribution in [2.75, 3.05) is 32.1 Å². The van der Waals surface area contributed by atoms with Gasteiger partial charge in [0.05, 0.1) is 6.54 Å². The topological polar surface area (TPSA) is 74.8 Å². The van der Waals surface area contributed by atoms with Crippen LogP contribution in [0.2, 0.25) is 0 Å². The number of carbonyl (C=O) groups excluding carboxylic acids is 2. The van der Waals surface area contributed by atoms with Crippen LogP contribution in [0.4, 0.5) is 5.82 Å². The molecule has 1 aromatic heterocycles. The zero-order valence-corrected chi connectivity index (χ0v) is 13.5. The van der Waals surface area contributed by atoms with Gasteiger partial charge >= 0.3 is 0 Å². The molecule has 1 aromatic rings. The number of rotatable bonds is 4. The number of likely N-dealkylation sites (tertiary alicyclic amines) is 1. The van der Waals surface area contributed by atoms with Gasteiger partial charge in [0.2, 0.25) is 11.8 Å². The smallest absolute Gasteiger partial charge is 0.245 e. The van der Waals surface area contributed by atoms with E-state index in [2.05, 4.69) is 10.3 Å². The molecule has 1 N–H and O–H groups in total. The highest BCUT2D eigenvalue weighted by Gasteiger charge is 2.35. The van der Waals surface area contributed by atoms with E-state index in [1.54, 1.807) is 11.1 Å². The van der Waals surface area contributed by atoms with Gasteiger partial charge in [-0.2, -0.15) is 0 Å². The second kappa shape index (κ2) is 6.44. The first-order valence-electron chi connectivity index (χ1n) is 7.91. The van der Waals surface area contributed by atoms with Crippen LogP contribution in [-0.2, 0) is 9.59 Å². The van der Waals surface area contributed by atoms with Gasteiger partial charge in [0.1, 0.15) is 12.1 Å². The maximum Gasteiger partial charge on any atom is 0.245 e. The molecule has 7 nitrogen and oxygen atoms in total. The molecule has 0 spiro atoms. The van der Waals surface area contributed by atoms with E-state index in [0.29, 0.717) is 25.9 Å². The molecule has 0 aliphatic carbocycles. The molecular formula is C16H22N4O3. The Balaban J connectivity index is 1.60. The van der Waals surface area contributed by atoms with E-state index in [9.17, 15) is 9.59 Å². The molecule has 3 heterocycles. The standard InChI is InChI=1S/C16H22N4O3/c1-19(2)15-13(4-3-8-17-15)23-11-7-9-20(10-11)16(22)12-5-6-14(21)18-12/h3-4,8,11-12H,5-7,9-10H2,1-2H3,(H,18,21)/t11-,12+/m0/s1. The number of ether oxygens (including phenoxy) is 1. The summed E-state index contributed by atoms with van der Waals surface area (Å²) in [5.74, 6) is 1.47. The van der Waals surface area contributed by atoms with Crippen molar-refractivity contribution in [2.45, 2.75) is 31.4 Å². The van der Waals surface area contributed by atoms with Gasteiger partial charge in [-0.1, -0.05) is 0 Å². The Labute approximate surface area is 135 Å². The number of pyridine rings is 1. The van der Waals surface area contributed by atoms with Gasteiger partial charge in [0.25, 0.3) is 0 Å². The van der Waals surface area contributed by atoms with Crippen molar-refractivity contribution in [3.05, 3.63) is 18.3 Å². The van der Waals surface area contributed by atoms with Gasteiger partial charge in [0.15, 0.2) is 11.6 Å². The fourth-order valence-electron chi connectivity index (χ4n) is 3.03. The first-order chi connectivity index (χ1) is 11.0. The van der Waals surface area contributed by atoms with E-state index in [1.165, 1.54) is 0 Å². The highest BCUT2D eigenvalue weighted by molar-refractivity contribution is 5.90. The minimum absolute atomic E-state index is 0.000898. The molecular weight excluding hydrogens is 296 g/mol. The molecule has 2 atom stereocenters. The molecule has 124 valence electrons. The van der Waals surface area contributed by atoms with Crippen molar-refractivity contribution in [1.29, 1.82) is 0 Å². The zero-order chi connectivity index (χ0) is 16.4. The van der Waals surface area contributed by atoms with Crippen LogP contribution < -0.4 is 15.0 Å². The summed E-state index contributed by atoms with van der Waals surface area (Å²) in [4.78, 5) is 31.7. The maximum atomic E-state index is 12.4. The number of nitrogens with zero attached hydrogens (tertiary/aromatic N) is 3. The molecule has 2 aliphatic heterocycles. The van der Waals surface area contributed by atoms with Crippen LogP contribution >= 0.6 is 0 Å². The van der Waals surface area contributed by atoms with Gasteiger partial charge in [-0.15, -0.1) is 0 Å². The van der Waals surface area contributed by atoms with Crippen LogP contribution in [0.1, 0.15) is 19.3 Å². The molecule has 0 radical (unpaired) electrons. The normalized spacial score (nSPS) is 23.7. The van der Waals surface area contributed by atoms with Crippen molar-refractivity contribution in [3.8, 4) is 5.75 Å². The van der Waals surface area contributed by atoms with E-state index in [-0.39, 0.29) is 24.0 Å². The van der Waals surface area contributed by atoms with E-state index >= 15 is 0 Å². The fourth-order valence-corrected chi connectivity index (χ4v) is 3.03. The van der Waals surface area contributed by atoms with Crippen LogP contribution in [0.3, 0.4) is 0 Å². The largest absolute Gasteiger partial charge is 0.485 e. The van der Waals surface area contributed by atoms with Gasteiger partial charge in [-0.25, -0.2) is 4.98 Å². The zero-order valence-electron chi connectivity index (χ0n) is 13.5. The molecule has 0 aromatic carbocycles. The Morgan fingerprint density at radius 1 is 1.43 bits per heavy atom. The van der Waals surface area contributed by atoms with E-state index in [4.69, 9.17) is 4.74 Å². The lowest BCUT2D eigenvalue weighted by atomic mass is 10.2. The van der Waals surface area contributed by atoms with Crippen LogP contribution in [0.15, 0.2) is 18.3 Å². The van der Waals surface area contributed by atoms with Crippen molar-refractivity contribution in [3.63, 3.8) is 0 Å². The fraction of sp³-hybridized carbons (Fsp3) is 0.562. The van der Waals surface area contributed by atoms with Gasteiger partial charge < -0.3 is 19.9 Å². The molecule has 2 amide bonds. The molecule has 2 saturated heterocycles. The molecule has 2 fully saturated rings. The van der Waals surface area contributed by atoms with Gasteiger partial charge in [-0.3, -0.25) is 9.59 Å². The summed E-state index contributed by atoms with van der Waals surface area (Å²) in [6.07, 6.45) is 3.50. The molecule has 0 bridgehead atoms. The number of hydrogen-bond donors (Lipinski definition) is 1. The number of hydrogen-bond acceptors (Lipinski definition) is 5. The van der Waals surface area contributed by atoms with Crippen molar-refractivity contribution in [1.82, 2.24) is 15.2 Å². The summed E-state index contributed by atoms with van der Waals surface area (Å²) in [5, 5.41) is 2.73. The average molecular weight is 318 g/mol. The molecule has 3 rings (SSSR count). The monoisotopic (exact) mass is 318 g/mol. The maximum absolute atomic E-state index is 12.4. The number of nitrogens with one attached hydrogen (secondary N) is 1. The summed E-state index contributed by atoms with van der Waals surface area (Å²) in [6.45, 7) is 1.21. The summed E-state index contributed by atoms with van der Waals surface area (Å²) < 4.78 is 6.05. The predicted octanol–water partition coefficient (Wildman–Crippen LogP) is 0.406. The van der Waals surface area contributed by atoms with Crippen LogP contribution in [-0.4, -0.2) is 61.0 Å². The Morgan fingerprint density at radius 3 is 2.96 bits per heavy atom.